The Morgan fingerprint density at radius 3 is 2.26 bits per heavy atom. The van der Waals surface area contributed by atoms with Gasteiger partial charge in [0.2, 0.25) is 11.8 Å². The van der Waals surface area contributed by atoms with Crippen LogP contribution in [0.2, 0.25) is 0 Å². The third kappa shape index (κ3) is 6.57. The molecule has 5 nitrogen and oxygen atoms in total. The van der Waals surface area contributed by atoms with Gasteiger partial charge < -0.3 is 16.4 Å². The molecule has 0 aromatic rings. The molecule has 1 aliphatic rings. The van der Waals surface area contributed by atoms with Crippen LogP contribution in [0.1, 0.15) is 59.3 Å². The van der Waals surface area contributed by atoms with Crippen LogP contribution in [0.25, 0.3) is 0 Å². The molecule has 1 rings (SSSR count). The first-order chi connectivity index (χ1) is 8.70. The first-order valence-electron chi connectivity index (χ1n) is 7.07. The molecule has 0 radical (unpaired) electrons. The number of nitrogens with two attached hydrogens (primary N) is 1. The molecule has 4 N–H and O–H groups in total. The summed E-state index contributed by atoms with van der Waals surface area (Å²) in [5.74, 6) is -0.0934. The van der Waals surface area contributed by atoms with E-state index in [9.17, 15) is 9.59 Å². The fourth-order valence-electron chi connectivity index (χ4n) is 2.43. The summed E-state index contributed by atoms with van der Waals surface area (Å²) < 4.78 is 0. The number of carbonyl (C=O) groups excluding carboxylic acids is 2. The number of hydrogen-bond donors (Lipinski definition) is 3. The van der Waals surface area contributed by atoms with E-state index in [4.69, 9.17) is 5.73 Å². The van der Waals surface area contributed by atoms with Gasteiger partial charge in [0.15, 0.2) is 0 Å². The molecule has 0 saturated heterocycles. The zero-order chi connectivity index (χ0) is 14.5. The van der Waals surface area contributed by atoms with Gasteiger partial charge >= 0.3 is 0 Å². The molecule has 1 aliphatic carbocycles. The second-order valence-corrected chi connectivity index (χ2v) is 6.64. The third-order valence-electron chi connectivity index (χ3n) is 3.30. The largest absolute Gasteiger partial charge is 0.356 e. The molecule has 0 bridgehead atoms. The normalized spacial score (nSPS) is 18.1. The van der Waals surface area contributed by atoms with Crippen LogP contribution in [-0.4, -0.2) is 29.4 Å². The lowest BCUT2D eigenvalue weighted by Gasteiger charge is -2.23. The van der Waals surface area contributed by atoms with Crippen molar-refractivity contribution in [3.63, 3.8) is 0 Å². The molecule has 0 aliphatic heterocycles. The minimum Gasteiger partial charge on any atom is -0.356 e. The second kappa shape index (κ2) is 6.37. The summed E-state index contributed by atoms with van der Waals surface area (Å²) in [7, 11) is 0. The zero-order valence-corrected chi connectivity index (χ0v) is 12.3. The quantitative estimate of drug-likeness (QED) is 0.698. The minimum absolute atomic E-state index is 0.0453. The van der Waals surface area contributed by atoms with E-state index in [2.05, 4.69) is 10.6 Å². The summed E-state index contributed by atoms with van der Waals surface area (Å²) >= 11 is 0. The lowest BCUT2D eigenvalue weighted by atomic mass is 9.94. The van der Waals surface area contributed by atoms with Gasteiger partial charge in [-0.2, -0.15) is 0 Å². The van der Waals surface area contributed by atoms with Gasteiger partial charge in [0.25, 0.3) is 0 Å². The molecule has 1 saturated carbocycles. The van der Waals surface area contributed by atoms with Gasteiger partial charge in [-0.05, 0) is 33.6 Å². The van der Waals surface area contributed by atoms with Crippen molar-refractivity contribution in [2.24, 2.45) is 5.73 Å². The topological polar surface area (TPSA) is 84.2 Å². The van der Waals surface area contributed by atoms with E-state index in [1.165, 1.54) is 0 Å². The van der Waals surface area contributed by atoms with Gasteiger partial charge in [-0.1, -0.05) is 12.8 Å². The average Bonchev–Trinajstić information content (AvgIpc) is 2.61. The fourth-order valence-corrected chi connectivity index (χ4v) is 2.43. The highest BCUT2D eigenvalue weighted by molar-refractivity contribution is 5.79. The Morgan fingerprint density at radius 2 is 1.74 bits per heavy atom. The van der Waals surface area contributed by atoms with E-state index in [-0.39, 0.29) is 22.9 Å². The molecular weight excluding hydrogens is 242 g/mol. The lowest BCUT2D eigenvalue weighted by molar-refractivity contribution is -0.123. The van der Waals surface area contributed by atoms with E-state index in [0.29, 0.717) is 19.4 Å². The van der Waals surface area contributed by atoms with Crippen LogP contribution < -0.4 is 16.4 Å². The Kier molecular flexibility index (Phi) is 5.35. The van der Waals surface area contributed by atoms with Crippen LogP contribution in [0, 0.1) is 0 Å². The number of hydrogen-bond acceptors (Lipinski definition) is 3. The molecule has 110 valence electrons. The van der Waals surface area contributed by atoms with E-state index >= 15 is 0 Å². The van der Waals surface area contributed by atoms with Crippen LogP contribution in [0.15, 0.2) is 0 Å². The molecule has 0 aromatic heterocycles. The maximum atomic E-state index is 11.7. The molecule has 0 spiro atoms. The Morgan fingerprint density at radius 1 is 1.16 bits per heavy atom. The predicted octanol–water partition coefficient (Wildman–Crippen LogP) is 1.07. The van der Waals surface area contributed by atoms with Crippen LogP contribution in [0.4, 0.5) is 0 Å². The molecule has 5 heteroatoms. The smallest absolute Gasteiger partial charge is 0.222 e. The molecule has 0 unspecified atom stereocenters. The molecule has 0 atom stereocenters. The van der Waals surface area contributed by atoms with Crippen molar-refractivity contribution in [3.05, 3.63) is 0 Å². The second-order valence-electron chi connectivity index (χ2n) is 6.64. The Labute approximate surface area is 115 Å². The van der Waals surface area contributed by atoms with Crippen molar-refractivity contribution in [1.82, 2.24) is 10.6 Å². The van der Waals surface area contributed by atoms with Crippen LogP contribution in [-0.2, 0) is 9.59 Å². The van der Waals surface area contributed by atoms with E-state index in [1.807, 2.05) is 20.8 Å². The molecule has 1 fully saturated rings. The maximum absolute atomic E-state index is 11.7. The molecule has 0 aromatic carbocycles. The van der Waals surface area contributed by atoms with Gasteiger partial charge in [0.05, 0.1) is 0 Å². The van der Waals surface area contributed by atoms with Gasteiger partial charge in [-0.3, -0.25) is 9.59 Å². The third-order valence-corrected chi connectivity index (χ3v) is 3.30. The molecule has 2 amide bonds. The van der Waals surface area contributed by atoms with E-state index in [1.54, 1.807) is 0 Å². The van der Waals surface area contributed by atoms with Crippen molar-refractivity contribution < 1.29 is 9.59 Å². The summed E-state index contributed by atoms with van der Waals surface area (Å²) in [6.07, 6.45) is 4.74. The highest BCUT2D eigenvalue weighted by Gasteiger charge is 2.31. The molecule has 0 heterocycles. The van der Waals surface area contributed by atoms with Crippen molar-refractivity contribution in [3.8, 4) is 0 Å². The fraction of sp³-hybridized carbons (Fsp3) is 0.857. The Balaban J connectivity index is 2.18. The predicted molar refractivity (Wildman–Crippen MR) is 75.5 cm³/mol. The molecule has 19 heavy (non-hydrogen) atoms. The first-order valence-corrected chi connectivity index (χ1v) is 7.07. The van der Waals surface area contributed by atoms with Gasteiger partial charge in [-0.25, -0.2) is 0 Å². The van der Waals surface area contributed by atoms with Crippen molar-refractivity contribution in [1.29, 1.82) is 0 Å². The number of rotatable bonds is 5. The minimum atomic E-state index is -0.322. The van der Waals surface area contributed by atoms with Crippen molar-refractivity contribution >= 4 is 11.8 Å². The zero-order valence-electron chi connectivity index (χ0n) is 12.3. The van der Waals surface area contributed by atoms with E-state index in [0.717, 1.165) is 25.7 Å². The van der Waals surface area contributed by atoms with Gasteiger partial charge in [-0.15, -0.1) is 0 Å². The van der Waals surface area contributed by atoms with Crippen LogP contribution >= 0.6 is 0 Å². The summed E-state index contributed by atoms with van der Waals surface area (Å²) in [6.45, 7) is 6.17. The number of nitrogens with one attached hydrogen (secondary N) is 2. The van der Waals surface area contributed by atoms with Gasteiger partial charge in [0.1, 0.15) is 0 Å². The standard InChI is InChI=1S/C14H27N3O2/c1-13(2,3)17-11(18)6-9-16-12(19)10-14(15)7-4-5-8-14/h4-10,15H2,1-3H3,(H,16,19)(H,17,18). The lowest BCUT2D eigenvalue weighted by Crippen LogP contribution is -2.44. The van der Waals surface area contributed by atoms with Crippen molar-refractivity contribution in [2.75, 3.05) is 6.54 Å². The summed E-state index contributed by atoms with van der Waals surface area (Å²) in [5.41, 5.74) is 5.58. The number of amides is 2. The highest BCUT2D eigenvalue weighted by Crippen LogP contribution is 2.29. The van der Waals surface area contributed by atoms with Gasteiger partial charge in [0, 0.05) is 30.5 Å². The first kappa shape index (κ1) is 16.0. The maximum Gasteiger partial charge on any atom is 0.222 e. The Hall–Kier alpha value is -1.10. The van der Waals surface area contributed by atoms with E-state index < -0.39 is 0 Å². The Bertz CT molecular complexity index is 328. The van der Waals surface area contributed by atoms with Crippen molar-refractivity contribution in [2.45, 2.75) is 70.4 Å². The summed E-state index contributed by atoms with van der Waals surface area (Å²) in [4.78, 5) is 23.3. The number of carbonyl (C=O) groups is 2. The van der Waals surface area contributed by atoms with Crippen LogP contribution in [0.5, 0.6) is 0 Å². The summed E-state index contributed by atoms with van der Waals surface area (Å²) in [5, 5.41) is 5.63. The average molecular weight is 269 g/mol. The summed E-state index contributed by atoms with van der Waals surface area (Å²) in [6, 6.07) is 0. The van der Waals surface area contributed by atoms with Crippen LogP contribution in [0.3, 0.4) is 0 Å². The highest BCUT2D eigenvalue weighted by atomic mass is 16.2. The SMILES string of the molecule is CC(C)(C)NC(=O)CCNC(=O)CC1(N)CCCC1. The molecular formula is C14H27N3O2. The monoisotopic (exact) mass is 269 g/mol.